The summed E-state index contributed by atoms with van der Waals surface area (Å²) in [6.07, 6.45) is 95.6. The third kappa shape index (κ3) is 71.3. The summed E-state index contributed by atoms with van der Waals surface area (Å²) >= 11 is 0. The maximum absolute atomic E-state index is 12.5. The van der Waals surface area contributed by atoms with Gasteiger partial charge in [-0.15, -0.1) is 0 Å². The van der Waals surface area contributed by atoms with Crippen LogP contribution in [0.3, 0.4) is 0 Å². The number of ether oxygens (including phenoxy) is 1. The number of amides is 1. The SMILES string of the molecule is CCCC/C=C\C/C=C\CCCCCCCC(=O)OCCCCCCCCCCCCCCCCCCCCCCCCCCCCCCCCCCCCCCCC(=O)NC(CO)C(O)CCCCCCCCCCCCCCCCCCC. The number of rotatable bonds is 74. The Hall–Kier alpha value is -1.66. The number of hydrogen-bond acceptors (Lipinski definition) is 5. The number of nitrogens with one attached hydrogen (secondary N) is 1. The fraction of sp³-hybridized carbons (Fsp3) is 0.924. The highest BCUT2D eigenvalue weighted by Crippen LogP contribution is 2.20. The number of allylic oxidation sites excluding steroid dienone is 4. The van der Waals surface area contributed by atoms with Gasteiger partial charge in [-0.3, -0.25) is 9.59 Å². The van der Waals surface area contributed by atoms with E-state index in [1.165, 1.54) is 360 Å². The molecular weight excluding hydrogens is 1040 g/mol. The Morgan fingerprint density at radius 2 is 0.600 bits per heavy atom. The molecule has 0 bridgehead atoms. The van der Waals surface area contributed by atoms with Crippen LogP contribution in [0.2, 0.25) is 0 Å². The first-order valence-corrected chi connectivity index (χ1v) is 39.1. The van der Waals surface area contributed by atoms with Crippen LogP contribution in [0.1, 0.15) is 444 Å². The van der Waals surface area contributed by atoms with Gasteiger partial charge in [-0.25, -0.2) is 0 Å². The molecule has 0 spiro atoms. The summed E-state index contributed by atoms with van der Waals surface area (Å²) in [6.45, 7) is 4.95. The first-order valence-electron chi connectivity index (χ1n) is 39.1. The van der Waals surface area contributed by atoms with Gasteiger partial charge in [-0.05, 0) is 51.4 Å². The summed E-state index contributed by atoms with van der Waals surface area (Å²) in [5.41, 5.74) is 0. The molecule has 2 unspecified atom stereocenters. The average molecular weight is 1200 g/mol. The standard InChI is InChI=1S/C79H153NO5/c1-3-5-7-9-11-13-15-17-19-41-44-47-51-55-59-63-67-71-77(82)76(75-81)80-78(83)72-68-64-60-56-52-48-45-42-39-37-35-33-31-29-27-25-23-21-20-22-24-26-28-30-32-34-36-38-40-43-46-50-54-58-62-66-70-74-85-79(84)73-69-65-61-57-53-49-18-16-14-12-10-8-6-4-2/h10,12,16,18,76-77,81-82H,3-9,11,13-15,17,19-75H2,1-2H3,(H,80,83)/b12-10-,18-16-. The number of aliphatic hydroxyl groups is 2. The summed E-state index contributed by atoms with van der Waals surface area (Å²) in [6, 6.07) is -0.537. The molecule has 504 valence electrons. The minimum atomic E-state index is -0.660. The summed E-state index contributed by atoms with van der Waals surface area (Å²) in [7, 11) is 0. The zero-order chi connectivity index (χ0) is 61.3. The van der Waals surface area contributed by atoms with Crippen LogP contribution in [-0.2, 0) is 14.3 Å². The van der Waals surface area contributed by atoms with Crippen LogP contribution < -0.4 is 5.32 Å². The molecule has 3 N–H and O–H groups in total. The van der Waals surface area contributed by atoms with Crippen LogP contribution >= 0.6 is 0 Å². The van der Waals surface area contributed by atoms with E-state index in [1.54, 1.807) is 0 Å². The van der Waals surface area contributed by atoms with Crippen molar-refractivity contribution in [3.63, 3.8) is 0 Å². The topological polar surface area (TPSA) is 95.9 Å². The summed E-state index contributed by atoms with van der Waals surface area (Å²) in [5, 5.41) is 23.4. The number of hydrogen-bond donors (Lipinski definition) is 3. The van der Waals surface area contributed by atoms with Gasteiger partial charge in [-0.1, -0.05) is 404 Å². The molecular formula is C79H153NO5. The Labute approximate surface area is 532 Å². The van der Waals surface area contributed by atoms with E-state index in [0.717, 1.165) is 51.4 Å². The van der Waals surface area contributed by atoms with Gasteiger partial charge in [0.25, 0.3) is 0 Å². The van der Waals surface area contributed by atoms with Gasteiger partial charge in [0.15, 0.2) is 0 Å². The Balaban J connectivity index is 3.30. The van der Waals surface area contributed by atoms with E-state index in [1.807, 2.05) is 0 Å². The molecule has 0 fully saturated rings. The Morgan fingerprint density at radius 3 is 0.929 bits per heavy atom. The van der Waals surface area contributed by atoms with Crippen LogP contribution in [0.15, 0.2) is 24.3 Å². The van der Waals surface area contributed by atoms with Crippen molar-refractivity contribution in [2.24, 2.45) is 0 Å². The lowest BCUT2D eigenvalue weighted by atomic mass is 10.0. The smallest absolute Gasteiger partial charge is 0.305 e. The predicted octanol–water partition coefficient (Wildman–Crippen LogP) is 25.7. The Bertz CT molecular complexity index is 1330. The third-order valence-electron chi connectivity index (χ3n) is 18.5. The van der Waals surface area contributed by atoms with E-state index in [4.69, 9.17) is 4.74 Å². The van der Waals surface area contributed by atoms with Gasteiger partial charge in [0.1, 0.15) is 0 Å². The molecule has 1 amide bonds. The van der Waals surface area contributed by atoms with E-state index in [2.05, 4.69) is 43.5 Å². The molecule has 0 aliphatic carbocycles. The molecule has 6 nitrogen and oxygen atoms in total. The van der Waals surface area contributed by atoms with E-state index in [-0.39, 0.29) is 18.5 Å². The normalized spacial score (nSPS) is 12.6. The second-order valence-electron chi connectivity index (χ2n) is 27.0. The number of unbranched alkanes of at least 4 members (excludes halogenated alkanes) is 59. The molecule has 2 atom stereocenters. The lowest BCUT2D eigenvalue weighted by Gasteiger charge is -2.22. The van der Waals surface area contributed by atoms with Crippen molar-refractivity contribution in [3.05, 3.63) is 24.3 Å². The number of esters is 1. The van der Waals surface area contributed by atoms with Crippen LogP contribution in [0.4, 0.5) is 0 Å². The molecule has 0 aromatic rings. The van der Waals surface area contributed by atoms with E-state index in [0.29, 0.717) is 25.9 Å². The molecule has 0 saturated carbocycles. The van der Waals surface area contributed by atoms with Crippen molar-refractivity contribution in [1.29, 1.82) is 0 Å². The first kappa shape index (κ1) is 83.3. The third-order valence-corrected chi connectivity index (χ3v) is 18.5. The van der Waals surface area contributed by atoms with Gasteiger partial charge in [0.2, 0.25) is 5.91 Å². The fourth-order valence-electron chi connectivity index (χ4n) is 12.5. The molecule has 6 heteroatoms. The van der Waals surface area contributed by atoms with Crippen molar-refractivity contribution in [1.82, 2.24) is 5.32 Å². The highest BCUT2D eigenvalue weighted by Gasteiger charge is 2.20. The van der Waals surface area contributed by atoms with Crippen LogP contribution in [-0.4, -0.2) is 47.4 Å². The lowest BCUT2D eigenvalue weighted by Crippen LogP contribution is -2.45. The second-order valence-corrected chi connectivity index (χ2v) is 27.0. The van der Waals surface area contributed by atoms with E-state index >= 15 is 0 Å². The molecule has 0 saturated heterocycles. The number of aliphatic hydroxyl groups excluding tert-OH is 2. The number of carbonyl (C=O) groups excluding carboxylic acids is 2. The van der Waals surface area contributed by atoms with Gasteiger partial charge in [-0.2, -0.15) is 0 Å². The van der Waals surface area contributed by atoms with E-state index in [9.17, 15) is 19.8 Å². The molecule has 0 aliphatic rings. The maximum Gasteiger partial charge on any atom is 0.305 e. The second kappa shape index (κ2) is 74.8. The van der Waals surface area contributed by atoms with Crippen molar-refractivity contribution >= 4 is 11.9 Å². The molecule has 0 rings (SSSR count). The average Bonchev–Trinajstić information content (AvgIpc) is 3.50. The Kier molecular flexibility index (Phi) is 73.3. The first-order chi connectivity index (χ1) is 42.0. The van der Waals surface area contributed by atoms with Crippen LogP contribution in [0.5, 0.6) is 0 Å². The van der Waals surface area contributed by atoms with Gasteiger partial charge in [0, 0.05) is 12.8 Å². The van der Waals surface area contributed by atoms with Crippen LogP contribution in [0, 0.1) is 0 Å². The molecule has 0 aromatic heterocycles. The predicted molar refractivity (Wildman–Crippen MR) is 375 cm³/mol. The maximum atomic E-state index is 12.5. The Morgan fingerprint density at radius 1 is 0.329 bits per heavy atom. The molecule has 0 radical (unpaired) electrons. The molecule has 0 heterocycles. The highest BCUT2D eigenvalue weighted by atomic mass is 16.5. The van der Waals surface area contributed by atoms with Crippen molar-refractivity contribution in [2.75, 3.05) is 13.2 Å². The largest absolute Gasteiger partial charge is 0.466 e. The lowest BCUT2D eigenvalue weighted by molar-refractivity contribution is -0.143. The highest BCUT2D eigenvalue weighted by molar-refractivity contribution is 5.76. The van der Waals surface area contributed by atoms with Crippen molar-refractivity contribution in [2.45, 2.75) is 456 Å². The summed E-state index contributed by atoms with van der Waals surface area (Å²) < 4.78 is 5.49. The van der Waals surface area contributed by atoms with Crippen molar-refractivity contribution in [3.8, 4) is 0 Å². The minimum absolute atomic E-state index is 0.00939. The zero-order valence-corrected chi connectivity index (χ0v) is 57.9. The summed E-state index contributed by atoms with van der Waals surface area (Å²) in [4.78, 5) is 24.6. The molecule has 0 aromatic carbocycles. The summed E-state index contributed by atoms with van der Waals surface area (Å²) in [5.74, 6) is -0.0156. The monoisotopic (exact) mass is 1200 g/mol. The minimum Gasteiger partial charge on any atom is -0.466 e. The van der Waals surface area contributed by atoms with Crippen molar-refractivity contribution < 1.29 is 24.5 Å². The number of carbonyl (C=O) groups is 2. The van der Waals surface area contributed by atoms with E-state index < -0.39 is 12.1 Å². The van der Waals surface area contributed by atoms with Gasteiger partial charge in [0.05, 0.1) is 25.4 Å². The van der Waals surface area contributed by atoms with Gasteiger partial charge >= 0.3 is 5.97 Å². The van der Waals surface area contributed by atoms with Crippen LogP contribution in [0.25, 0.3) is 0 Å². The zero-order valence-electron chi connectivity index (χ0n) is 57.9. The molecule has 0 aliphatic heterocycles. The molecule has 85 heavy (non-hydrogen) atoms. The quantitative estimate of drug-likeness (QED) is 0.0320. The fourth-order valence-corrected chi connectivity index (χ4v) is 12.5. The van der Waals surface area contributed by atoms with Gasteiger partial charge < -0.3 is 20.3 Å².